The minimum atomic E-state index is -0.739. The van der Waals surface area contributed by atoms with Crippen LogP contribution < -0.4 is 5.56 Å². The van der Waals surface area contributed by atoms with Crippen LogP contribution in [-0.4, -0.2) is 38.4 Å². The number of carboxylic acid groups (broad SMARTS) is 1. The molecular formula is C13H15N3O3S. The van der Waals surface area contributed by atoms with Crippen LogP contribution in [0.15, 0.2) is 22.4 Å². The van der Waals surface area contributed by atoms with E-state index in [1.807, 2.05) is 5.38 Å². The third-order valence-electron chi connectivity index (χ3n) is 3.60. The normalized spacial score (nSPS) is 20.3. The van der Waals surface area contributed by atoms with Crippen molar-refractivity contribution < 1.29 is 9.90 Å². The molecule has 1 fully saturated rings. The fourth-order valence-electron chi connectivity index (χ4n) is 2.60. The summed E-state index contributed by atoms with van der Waals surface area (Å²) < 4.78 is 1.52. The van der Waals surface area contributed by atoms with Crippen LogP contribution in [0.5, 0.6) is 0 Å². The Kier molecular flexibility index (Phi) is 3.54. The number of thiazole rings is 1. The quantitative estimate of drug-likeness (QED) is 0.915. The van der Waals surface area contributed by atoms with Gasteiger partial charge in [-0.05, 0) is 19.4 Å². The number of nitrogens with zero attached hydrogens (tertiary/aromatic N) is 3. The lowest BCUT2D eigenvalue weighted by molar-refractivity contribution is -0.143. The first-order chi connectivity index (χ1) is 9.63. The summed E-state index contributed by atoms with van der Waals surface area (Å²) in [5.74, 6) is -1.05. The Morgan fingerprint density at radius 1 is 1.55 bits per heavy atom. The molecule has 1 saturated heterocycles. The van der Waals surface area contributed by atoms with Crippen LogP contribution in [0.3, 0.4) is 0 Å². The molecule has 2 aromatic heterocycles. The predicted octanol–water partition coefficient (Wildman–Crippen LogP) is 1.05. The number of carbonyl (C=O) groups is 1. The van der Waals surface area contributed by atoms with Crippen molar-refractivity contribution in [3.05, 3.63) is 33.7 Å². The van der Waals surface area contributed by atoms with Gasteiger partial charge < -0.3 is 5.11 Å². The van der Waals surface area contributed by atoms with Crippen molar-refractivity contribution in [1.29, 1.82) is 0 Å². The Labute approximate surface area is 119 Å². The first-order valence-electron chi connectivity index (χ1n) is 6.54. The van der Waals surface area contributed by atoms with E-state index in [2.05, 4.69) is 9.88 Å². The highest BCUT2D eigenvalue weighted by Crippen LogP contribution is 2.18. The molecule has 1 aliphatic heterocycles. The Balaban J connectivity index is 1.78. The molecule has 0 saturated carbocycles. The van der Waals surface area contributed by atoms with E-state index in [-0.39, 0.29) is 11.5 Å². The molecule has 0 aliphatic carbocycles. The molecule has 6 nitrogen and oxygen atoms in total. The fraction of sp³-hybridized carbons (Fsp3) is 0.462. The van der Waals surface area contributed by atoms with E-state index in [0.717, 1.165) is 19.4 Å². The average Bonchev–Trinajstić information content (AvgIpc) is 2.88. The number of aliphatic carboxylic acids is 1. The molecule has 1 atom stereocenters. The molecule has 0 radical (unpaired) electrons. The fourth-order valence-corrected chi connectivity index (χ4v) is 3.34. The molecule has 0 bridgehead atoms. The Morgan fingerprint density at radius 3 is 3.20 bits per heavy atom. The molecule has 1 N–H and O–H groups in total. The zero-order valence-corrected chi connectivity index (χ0v) is 11.7. The molecule has 20 heavy (non-hydrogen) atoms. The van der Waals surface area contributed by atoms with E-state index < -0.39 is 5.97 Å². The summed E-state index contributed by atoms with van der Waals surface area (Å²) >= 11 is 1.42. The molecule has 1 unspecified atom stereocenters. The van der Waals surface area contributed by atoms with Crippen molar-refractivity contribution >= 4 is 22.3 Å². The maximum Gasteiger partial charge on any atom is 0.307 e. The van der Waals surface area contributed by atoms with Crippen molar-refractivity contribution in [1.82, 2.24) is 14.3 Å². The second-order valence-corrected chi connectivity index (χ2v) is 5.93. The van der Waals surface area contributed by atoms with Gasteiger partial charge in [0, 0.05) is 30.7 Å². The lowest BCUT2D eigenvalue weighted by atomic mass is 9.98. The third-order valence-corrected chi connectivity index (χ3v) is 4.35. The number of carboxylic acids is 1. The number of fused-ring (bicyclic) bond motifs is 1. The van der Waals surface area contributed by atoms with Gasteiger partial charge in [-0.3, -0.25) is 18.9 Å². The number of piperidine rings is 1. The van der Waals surface area contributed by atoms with Gasteiger partial charge in [0.2, 0.25) is 0 Å². The molecule has 0 amide bonds. The first kappa shape index (κ1) is 13.3. The van der Waals surface area contributed by atoms with Crippen LogP contribution in [0.25, 0.3) is 4.96 Å². The first-order valence-corrected chi connectivity index (χ1v) is 7.42. The highest BCUT2D eigenvalue weighted by atomic mass is 32.1. The van der Waals surface area contributed by atoms with Crippen LogP contribution in [-0.2, 0) is 11.3 Å². The second kappa shape index (κ2) is 5.34. The van der Waals surface area contributed by atoms with Crippen LogP contribution in [0, 0.1) is 5.92 Å². The van der Waals surface area contributed by atoms with Crippen molar-refractivity contribution in [3.63, 3.8) is 0 Å². The minimum Gasteiger partial charge on any atom is -0.481 e. The van der Waals surface area contributed by atoms with Gasteiger partial charge in [0.05, 0.1) is 11.6 Å². The number of hydrogen-bond acceptors (Lipinski definition) is 5. The summed E-state index contributed by atoms with van der Waals surface area (Å²) in [4.78, 5) is 30.1. The number of hydrogen-bond donors (Lipinski definition) is 1. The van der Waals surface area contributed by atoms with E-state index >= 15 is 0 Å². The molecule has 1 aliphatic rings. The molecule has 7 heteroatoms. The third kappa shape index (κ3) is 2.59. The lowest BCUT2D eigenvalue weighted by Crippen LogP contribution is -2.38. The zero-order valence-electron chi connectivity index (χ0n) is 10.9. The molecular weight excluding hydrogens is 278 g/mol. The predicted molar refractivity (Wildman–Crippen MR) is 75.0 cm³/mol. The van der Waals surface area contributed by atoms with Gasteiger partial charge in [-0.25, -0.2) is 4.98 Å². The van der Waals surface area contributed by atoms with Crippen molar-refractivity contribution in [3.8, 4) is 0 Å². The van der Waals surface area contributed by atoms with Gasteiger partial charge in [0.15, 0.2) is 4.96 Å². The van der Waals surface area contributed by atoms with Gasteiger partial charge >= 0.3 is 5.97 Å². The maximum absolute atomic E-state index is 11.9. The van der Waals surface area contributed by atoms with Crippen molar-refractivity contribution in [2.24, 2.45) is 5.92 Å². The monoisotopic (exact) mass is 293 g/mol. The highest BCUT2D eigenvalue weighted by molar-refractivity contribution is 7.15. The van der Waals surface area contributed by atoms with Crippen LogP contribution >= 0.6 is 11.3 Å². The smallest absolute Gasteiger partial charge is 0.307 e. The van der Waals surface area contributed by atoms with E-state index in [9.17, 15) is 9.59 Å². The largest absolute Gasteiger partial charge is 0.481 e. The number of rotatable bonds is 3. The summed E-state index contributed by atoms with van der Waals surface area (Å²) in [5.41, 5.74) is 0.626. The van der Waals surface area contributed by atoms with Crippen molar-refractivity contribution in [2.45, 2.75) is 19.4 Å². The molecule has 3 heterocycles. The van der Waals surface area contributed by atoms with E-state index in [4.69, 9.17) is 5.11 Å². The van der Waals surface area contributed by atoms with Crippen molar-refractivity contribution in [2.75, 3.05) is 13.1 Å². The molecule has 0 aromatic carbocycles. The molecule has 106 valence electrons. The SMILES string of the molecule is O=C(O)C1CCCN(Cc2cc(=O)n3ccsc3n2)C1. The maximum atomic E-state index is 11.9. The number of aromatic nitrogens is 2. The summed E-state index contributed by atoms with van der Waals surface area (Å²) in [6.45, 7) is 1.92. The summed E-state index contributed by atoms with van der Waals surface area (Å²) in [6.07, 6.45) is 3.31. The van der Waals surface area contributed by atoms with E-state index in [1.165, 1.54) is 21.8 Å². The second-order valence-electron chi connectivity index (χ2n) is 5.05. The van der Waals surface area contributed by atoms with Gasteiger partial charge in [0.1, 0.15) is 0 Å². The average molecular weight is 293 g/mol. The Bertz CT molecular complexity index is 693. The lowest BCUT2D eigenvalue weighted by Gasteiger charge is -2.30. The summed E-state index contributed by atoms with van der Waals surface area (Å²) in [6, 6.07) is 1.53. The topological polar surface area (TPSA) is 74.9 Å². The summed E-state index contributed by atoms with van der Waals surface area (Å²) in [7, 11) is 0. The summed E-state index contributed by atoms with van der Waals surface area (Å²) in [5, 5.41) is 10.9. The van der Waals surface area contributed by atoms with Gasteiger partial charge in [0.25, 0.3) is 5.56 Å². The number of likely N-dealkylation sites (tertiary alicyclic amines) is 1. The van der Waals surface area contributed by atoms with Gasteiger partial charge in [-0.15, -0.1) is 11.3 Å². The van der Waals surface area contributed by atoms with Gasteiger partial charge in [-0.1, -0.05) is 0 Å². The molecule has 3 rings (SSSR count). The Morgan fingerprint density at radius 2 is 2.40 bits per heavy atom. The van der Waals surface area contributed by atoms with E-state index in [1.54, 1.807) is 6.20 Å². The minimum absolute atomic E-state index is 0.0851. The Hall–Kier alpha value is -1.73. The molecule has 2 aromatic rings. The zero-order chi connectivity index (χ0) is 14.1. The van der Waals surface area contributed by atoms with Crippen LogP contribution in [0.2, 0.25) is 0 Å². The molecule has 0 spiro atoms. The van der Waals surface area contributed by atoms with Crippen LogP contribution in [0.1, 0.15) is 18.5 Å². The standard InChI is InChI=1S/C13H15N3O3S/c17-11-6-10(14-13-16(11)4-5-20-13)8-15-3-1-2-9(7-15)12(18)19/h4-6,9H,1-3,7-8H2,(H,18,19). The van der Waals surface area contributed by atoms with Gasteiger partial charge in [-0.2, -0.15) is 0 Å². The van der Waals surface area contributed by atoms with Crippen LogP contribution in [0.4, 0.5) is 0 Å². The highest BCUT2D eigenvalue weighted by Gasteiger charge is 2.25. The van der Waals surface area contributed by atoms with E-state index in [0.29, 0.717) is 23.7 Å².